The Morgan fingerprint density at radius 3 is 2.90 bits per heavy atom. The molecule has 1 aromatic carbocycles. The number of hydrogen-bond acceptors (Lipinski definition) is 4. The zero-order valence-electron chi connectivity index (χ0n) is 11.8. The molecule has 3 rings (SSSR count). The molecule has 1 saturated heterocycles. The zero-order valence-corrected chi connectivity index (χ0v) is 11.8. The molecule has 4 nitrogen and oxygen atoms in total. The van der Waals surface area contributed by atoms with Crippen molar-refractivity contribution in [3.63, 3.8) is 0 Å². The third-order valence-corrected chi connectivity index (χ3v) is 3.75. The third kappa shape index (κ3) is 3.02. The molecule has 1 aromatic heterocycles. The number of hydrogen-bond donors (Lipinski definition) is 1. The highest BCUT2D eigenvalue weighted by atomic mass is 16.5. The fourth-order valence-electron chi connectivity index (χ4n) is 2.60. The molecular formula is C16H20N2O2. The van der Waals surface area contributed by atoms with Crippen LogP contribution in [-0.2, 0) is 6.42 Å². The first-order valence-electron chi connectivity index (χ1n) is 7.13. The summed E-state index contributed by atoms with van der Waals surface area (Å²) in [5.41, 5.74) is 1.20. The standard InChI is InChI=1S/C16H20N2O2/c1-19-14-6-4-12(5-7-14)9-15-11-18-16(20-15)13-3-2-8-17-10-13/h4-7,11,13,17H,2-3,8-10H2,1H3/t13-/m1/s1. The van der Waals surface area contributed by atoms with E-state index in [4.69, 9.17) is 9.15 Å². The summed E-state index contributed by atoms with van der Waals surface area (Å²) in [4.78, 5) is 4.44. The van der Waals surface area contributed by atoms with Gasteiger partial charge in [0.15, 0.2) is 5.89 Å². The highest BCUT2D eigenvalue weighted by molar-refractivity contribution is 5.29. The summed E-state index contributed by atoms with van der Waals surface area (Å²) in [5, 5.41) is 3.39. The summed E-state index contributed by atoms with van der Waals surface area (Å²) in [7, 11) is 1.68. The first-order chi connectivity index (χ1) is 9.85. The molecule has 0 aliphatic carbocycles. The molecule has 2 aromatic rings. The average Bonchev–Trinajstić information content (AvgIpc) is 2.97. The first-order valence-corrected chi connectivity index (χ1v) is 7.13. The topological polar surface area (TPSA) is 47.3 Å². The molecule has 0 amide bonds. The van der Waals surface area contributed by atoms with Gasteiger partial charge in [-0.25, -0.2) is 4.98 Å². The summed E-state index contributed by atoms with van der Waals surface area (Å²) < 4.78 is 11.1. The Bertz CT molecular complexity index is 542. The second-order valence-electron chi connectivity index (χ2n) is 5.23. The number of oxazole rings is 1. The molecule has 1 atom stereocenters. The van der Waals surface area contributed by atoms with Crippen LogP contribution < -0.4 is 10.1 Å². The van der Waals surface area contributed by atoms with Gasteiger partial charge in [-0.1, -0.05) is 12.1 Å². The van der Waals surface area contributed by atoms with Crippen molar-refractivity contribution in [2.45, 2.75) is 25.2 Å². The van der Waals surface area contributed by atoms with Crippen molar-refractivity contribution >= 4 is 0 Å². The van der Waals surface area contributed by atoms with E-state index in [2.05, 4.69) is 22.4 Å². The summed E-state index contributed by atoms with van der Waals surface area (Å²) in [6, 6.07) is 8.06. The van der Waals surface area contributed by atoms with E-state index in [9.17, 15) is 0 Å². The molecule has 106 valence electrons. The quantitative estimate of drug-likeness (QED) is 0.929. The summed E-state index contributed by atoms with van der Waals surface area (Å²) >= 11 is 0. The molecule has 1 aliphatic heterocycles. The molecule has 20 heavy (non-hydrogen) atoms. The molecular weight excluding hydrogens is 252 g/mol. The maximum absolute atomic E-state index is 5.90. The van der Waals surface area contributed by atoms with Crippen molar-refractivity contribution in [1.29, 1.82) is 0 Å². The van der Waals surface area contributed by atoms with Gasteiger partial charge in [-0.05, 0) is 37.1 Å². The van der Waals surface area contributed by atoms with E-state index in [-0.39, 0.29) is 0 Å². The van der Waals surface area contributed by atoms with Gasteiger partial charge in [0.25, 0.3) is 0 Å². The van der Waals surface area contributed by atoms with E-state index in [0.29, 0.717) is 5.92 Å². The van der Waals surface area contributed by atoms with E-state index >= 15 is 0 Å². The van der Waals surface area contributed by atoms with Gasteiger partial charge in [0, 0.05) is 18.9 Å². The SMILES string of the molecule is COc1ccc(Cc2cnc([C@@H]3CCCNC3)o2)cc1. The molecule has 0 spiro atoms. The lowest BCUT2D eigenvalue weighted by molar-refractivity contribution is 0.365. The fourth-order valence-corrected chi connectivity index (χ4v) is 2.60. The maximum Gasteiger partial charge on any atom is 0.198 e. The highest BCUT2D eigenvalue weighted by Crippen LogP contribution is 2.24. The summed E-state index contributed by atoms with van der Waals surface area (Å²) in [5.74, 6) is 3.10. The molecule has 1 N–H and O–H groups in total. The monoisotopic (exact) mass is 272 g/mol. The van der Waals surface area contributed by atoms with Crippen molar-refractivity contribution in [2.75, 3.05) is 20.2 Å². The average molecular weight is 272 g/mol. The largest absolute Gasteiger partial charge is 0.497 e. The predicted molar refractivity (Wildman–Crippen MR) is 77.1 cm³/mol. The number of nitrogens with zero attached hydrogens (tertiary/aromatic N) is 1. The van der Waals surface area contributed by atoms with Gasteiger partial charge in [0.05, 0.1) is 13.3 Å². The van der Waals surface area contributed by atoms with Crippen LogP contribution >= 0.6 is 0 Å². The minimum Gasteiger partial charge on any atom is -0.497 e. The Hall–Kier alpha value is -1.81. The van der Waals surface area contributed by atoms with Gasteiger partial charge in [0.1, 0.15) is 11.5 Å². The molecule has 0 bridgehead atoms. The highest BCUT2D eigenvalue weighted by Gasteiger charge is 2.20. The van der Waals surface area contributed by atoms with Gasteiger partial charge < -0.3 is 14.5 Å². The van der Waals surface area contributed by atoms with Crippen LogP contribution in [0.3, 0.4) is 0 Å². The number of ether oxygens (including phenoxy) is 1. The second kappa shape index (κ2) is 6.09. The minimum atomic E-state index is 0.424. The molecule has 2 heterocycles. The Morgan fingerprint density at radius 1 is 1.35 bits per heavy atom. The normalized spacial score (nSPS) is 18.9. The lowest BCUT2D eigenvalue weighted by Crippen LogP contribution is -2.28. The third-order valence-electron chi connectivity index (χ3n) is 3.75. The molecule has 1 fully saturated rings. The van der Waals surface area contributed by atoms with Crippen LogP contribution in [0, 0.1) is 0 Å². The van der Waals surface area contributed by atoms with Crippen LogP contribution in [0.2, 0.25) is 0 Å². The lowest BCUT2D eigenvalue weighted by atomic mass is 10.00. The number of piperidine rings is 1. The van der Waals surface area contributed by atoms with Crippen LogP contribution in [0.5, 0.6) is 5.75 Å². The number of nitrogens with one attached hydrogen (secondary N) is 1. The number of benzene rings is 1. The molecule has 1 aliphatic rings. The maximum atomic E-state index is 5.90. The van der Waals surface area contributed by atoms with Crippen molar-refractivity contribution in [3.05, 3.63) is 47.7 Å². The fraction of sp³-hybridized carbons (Fsp3) is 0.438. The van der Waals surface area contributed by atoms with Gasteiger partial charge >= 0.3 is 0 Å². The van der Waals surface area contributed by atoms with Crippen molar-refractivity contribution in [3.8, 4) is 5.75 Å². The van der Waals surface area contributed by atoms with Crippen molar-refractivity contribution < 1.29 is 9.15 Å². The van der Waals surface area contributed by atoms with Crippen molar-refractivity contribution in [2.24, 2.45) is 0 Å². The van der Waals surface area contributed by atoms with Gasteiger partial charge in [-0.3, -0.25) is 0 Å². The summed E-state index contributed by atoms with van der Waals surface area (Å²) in [6.45, 7) is 2.08. The smallest absolute Gasteiger partial charge is 0.198 e. The molecule has 0 radical (unpaired) electrons. The predicted octanol–water partition coefficient (Wildman–Crippen LogP) is 2.74. The minimum absolute atomic E-state index is 0.424. The first kappa shape index (κ1) is 13.2. The van der Waals surface area contributed by atoms with Crippen molar-refractivity contribution in [1.82, 2.24) is 10.3 Å². The molecule has 0 unspecified atom stereocenters. The number of rotatable bonds is 4. The number of aromatic nitrogens is 1. The van der Waals surface area contributed by atoms with E-state index in [1.807, 2.05) is 18.3 Å². The van der Waals surface area contributed by atoms with E-state index in [1.54, 1.807) is 7.11 Å². The Labute approximate surface area is 119 Å². The van der Waals surface area contributed by atoms with Gasteiger partial charge in [-0.2, -0.15) is 0 Å². The van der Waals surface area contributed by atoms with E-state index in [1.165, 1.54) is 12.0 Å². The van der Waals surface area contributed by atoms with Crippen LogP contribution in [0.4, 0.5) is 0 Å². The summed E-state index contributed by atoms with van der Waals surface area (Å²) in [6.07, 6.45) is 4.99. The van der Waals surface area contributed by atoms with E-state index < -0.39 is 0 Å². The molecule has 4 heteroatoms. The second-order valence-corrected chi connectivity index (χ2v) is 5.23. The Morgan fingerprint density at radius 2 is 2.20 bits per heavy atom. The zero-order chi connectivity index (χ0) is 13.8. The lowest BCUT2D eigenvalue weighted by Gasteiger charge is -2.19. The molecule has 0 saturated carbocycles. The Balaban J connectivity index is 1.66. The van der Waals surface area contributed by atoms with Gasteiger partial charge in [-0.15, -0.1) is 0 Å². The Kier molecular flexibility index (Phi) is 4.02. The van der Waals surface area contributed by atoms with Gasteiger partial charge in [0.2, 0.25) is 0 Å². The van der Waals surface area contributed by atoms with Crippen LogP contribution in [0.25, 0.3) is 0 Å². The van der Waals surface area contributed by atoms with Crippen LogP contribution in [0.15, 0.2) is 34.9 Å². The van der Waals surface area contributed by atoms with Crippen LogP contribution in [0.1, 0.15) is 36.0 Å². The van der Waals surface area contributed by atoms with E-state index in [0.717, 1.165) is 43.3 Å². The van der Waals surface area contributed by atoms with Crippen LogP contribution in [-0.4, -0.2) is 25.2 Å². The number of methoxy groups -OCH3 is 1.